The molecule has 14 heavy (non-hydrogen) atoms. The molecular formula is C11H12Cl2O. The van der Waals surface area contributed by atoms with Crippen LogP contribution in [-0.2, 0) is 0 Å². The average Bonchev–Trinajstić information content (AvgIpc) is 2.18. The Balaban J connectivity index is 3.12. The fraction of sp³-hybridized carbons (Fsp3) is 0.273. The summed E-state index contributed by atoms with van der Waals surface area (Å²) in [4.78, 5) is 0. The van der Waals surface area contributed by atoms with Gasteiger partial charge in [0.2, 0.25) is 0 Å². The van der Waals surface area contributed by atoms with Crippen molar-refractivity contribution in [2.24, 2.45) is 0 Å². The molecule has 0 saturated carbocycles. The highest BCUT2D eigenvalue weighted by Crippen LogP contribution is 2.35. The Bertz CT molecular complexity index is 359. The smallest absolute Gasteiger partial charge is 0.139 e. The molecule has 0 aromatic heterocycles. The van der Waals surface area contributed by atoms with Gasteiger partial charge in [0.25, 0.3) is 0 Å². The Morgan fingerprint density at radius 3 is 2.57 bits per heavy atom. The lowest BCUT2D eigenvalue weighted by molar-refractivity contribution is 0.363. The molecule has 0 saturated heterocycles. The van der Waals surface area contributed by atoms with Gasteiger partial charge in [-0.05, 0) is 31.0 Å². The number of ether oxygens (including phenoxy) is 1. The first-order chi connectivity index (χ1) is 6.57. The highest BCUT2D eigenvalue weighted by atomic mass is 35.5. The van der Waals surface area contributed by atoms with E-state index in [-0.39, 0.29) is 0 Å². The van der Waals surface area contributed by atoms with Gasteiger partial charge < -0.3 is 4.74 Å². The Hall–Kier alpha value is -0.660. The molecule has 0 amide bonds. The maximum atomic E-state index is 6.06. The van der Waals surface area contributed by atoms with Crippen molar-refractivity contribution in [2.45, 2.75) is 13.8 Å². The molecule has 0 unspecified atom stereocenters. The first-order valence-corrected chi connectivity index (χ1v) is 5.02. The SMILES string of the molecule is C=CCOc1cc(C)c(Cl)c(C)c1Cl. The molecule has 1 nitrogen and oxygen atoms in total. The summed E-state index contributed by atoms with van der Waals surface area (Å²) < 4.78 is 5.39. The second kappa shape index (κ2) is 4.72. The van der Waals surface area contributed by atoms with E-state index < -0.39 is 0 Å². The predicted molar refractivity (Wildman–Crippen MR) is 61.6 cm³/mol. The van der Waals surface area contributed by atoms with Gasteiger partial charge in [-0.2, -0.15) is 0 Å². The summed E-state index contributed by atoms with van der Waals surface area (Å²) in [6.45, 7) is 7.81. The Morgan fingerprint density at radius 1 is 1.36 bits per heavy atom. The zero-order chi connectivity index (χ0) is 10.7. The van der Waals surface area contributed by atoms with Crippen molar-refractivity contribution in [1.82, 2.24) is 0 Å². The van der Waals surface area contributed by atoms with Gasteiger partial charge in [-0.25, -0.2) is 0 Å². The van der Waals surface area contributed by atoms with Crippen LogP contribution in [0.1, 0.15) is 11.1 Å². The van der Waals surface area contributed by atoms with Gasteiger partial charge in [0.1, 0.15) is 12.4 Å². The quantitative estimate of drug-likeness (QED) is 0.709. The summed E-state index contributed by atoms with van der Waals surface area (Å²) in [5.74, 6) is 0.658. The van der Waals surface area contributed by atoms with Crippen LogP contribution in [0.3, 0.4) is 0 Å². The highest BCUT2D eigenvalue weighted by molar-refractivity contribution is 6.37. The zero-order valence-electron chi connectivity index (χ0n) is 8.23. The monoisotopic (exact) mass is 230 g/mol. The van der Waals surface area contributed by atoms with Gasteiger partial charge >= 0.3 is 0 Å². The lowest BCUT2D eigenvalue weighted by atomic mass is 10.1. The molecule has 3 heteroatoms. The standard InChI is InChI=1S/C11H12Cl2O/c1-4-5-14-9-6-7(2)10(12)8(3)11(9)13/h4,6H,1,5H2,2-3H3. The van der Waals surface area contributed by atoms with E-state index in [1.165, 1.54) is 0 Å². The zero-order valence-corrected chi connectivity index (χ0v) is 9.74. The summed E-state index contributed by atoms with van der Waals surface area (Å²) in [5.41, 5.74) is 1.82. The molecule has 0 aliphatic heterocycles. The Labute approximate surface area is 94.3 Å². The van der Waals surface area contributed by atoms with Crippen LogP contribution >= 0.6 is 23.2 Å². The van der Waals surface area contributed by atoms with Crippen molar-refractivity contribution in [1.29, 1.82) is 0 Å². The minimum Gasteiger partial charge on any atom is -0.488 e. The molecule has 0 atom stereocenters. The maximum absolute atomic E-state index is 6.06. The van der Waals surface area contributed by atoms with Crippen LogP contribution in [0.5, 0.6) is 5.75 Å². The van der Waals surface area contributed by atoms with Crippen molar-refractivity contribution in [3.63, 3.8) is 0 Å². The Morgan fingerprint density at radius 2 is 2.00 bits per heavy atom. The maximum Gasteiger partial charge on any atom is 0.139 e. The topological polar surface area (TPSA) is 9.23 Å². The third-order valence-electron chi connectivity index (χ3n) is 1.93. The van der Waals surface area contributed by atoms with Crippen molar-refractivity contribution >= 4 is 23.2 Å². The van der Waals surface area contributed by atoms with Crippen LogP contribution in [0.2, 0.25) is 10.0 Å². The van der Waals surface area contributed by atoms with E-state index in [0.717, 1.165) is 11.1 Å². The van der Waals surface area contributed by atoms with E-state index in [0.29, 0.717) is 22.4 Å². The number of hydrogen-bond donors (Lipinski definition) is 0. The molecule has 0 heterocycles. The molecule has 0 aliphatic carbocycles. The fourth-order valence-corrected chi connectivity index (χ4v) is 1.56. The van der Waals surface area contributed by atoms with Crippen molar-refractivity contribution in [3.05, 3.63) is 39.9 Å². The number of rotatable bonds is 3. The van der Waals surface area contributed by atoms with Crippen molar-refractivity contribution < 1.29 is 4.74 Å². The number of halogens is 2. The summed E-state index contributed by atoms with van der Waals surface area (Å²) in [7, 11) is 0. The molecule has 0 bridgehead atoms. The largest absolute Gasteiger partial charge is 0.488 e. The van der Waals surface area contributed by atoms with E-state index in [2.05, 4.69) is 6.58 Å². The van der Waals surface area contributed by atoms with Gasteiger partial charge in [-0.1, -0.05) is 35.9 Å². The minimum atomic E-state index is 0.445. The highest BCUT2D eigenvalue weighted by Gasteiger charge is 2.10. The van der Waals surface area contributed by atoms with Crippen LogP contribution in [0.25, 0.3) is 0 Å². The van der Waals surface area contributed by atoms with E-state index in [9.17, 15) is 0 Å². The van der Waals surface area contributed by atoms with Gasteiger partial charge in [-0.15, -0.1) is 0 Å². The molecule has 0 fully saturated rings. The van der Waals surface area contributed by atoms with E-state index in [1.807, 2.05) is 19.9 Å². The molecule has 0 radical (unpaired) electrons. The third kappa shape index (κ3) is 2.23. The normalized spacial score (nSPS) is 10.0. The van der Waals surface area contributed by atoms with Crippen LogP contribution in [0.4, 0.5) is 0 Å². The van der Waals surface area contributed by atoms with Gasteiger partial charge in [0, 0.05) is 5.02 Å². The first kappa shape index (κ1) is 11.4. The van der Waals surface area contributed by atoms with Gasteiger partial charge in [0.15, 0.2) is 0 Å². The van der Waals surface area contributed by atoms with Gasteiger partial charge in [-0.3, -0.25) is 0 Å². The predicted octanol–water partition coefficient (Wildman–Crippen LogP) is 4.18. The fourth-order valence-electron chi connectivity index (χ4n) is 1.15. The van der Waals surface area contributed by atoms with Gasteiger partial charge in [0.05, 0.1) is 5.02 Å². The second-order valence-electron chi connectivity index (χ2n) is 3.04. The molecule has 1 aromatic rings. The second-order valence-corrected chi connectivity index (χ2v) is 3.80. The van der Waals surface area contributed by atoms with E-state index in [4.69, 9.17) is 27.9 Å². The molecule has 0 spiro atoms. The first-order valence-electron chi connectivity index (χ1n) is 4.26. The van der Waals surface area contributed by atoms with Crippen LogP contribution in [-0.4, -0.2) is 6.61 Å². The molecule has 0 N–H and O–H groups in total. The van der Waals surface area contributed by atoms with Crippen LogP contribution < -0.4 is 4.74 Å². The number of benzene rings is 1. The number of aryl methyl sites for hydroxylation is 1. The van der Waals surface area contributed by atoms with Crippen molar-refractivity contribution in [3.8, 4) is 5.75 Å². The summed E-state index contributed by atoms with van der Waals surface area (Å²) in [6.07, 6.45) is 1.68. The number of hydrogen-bond acceptors (Lipinski definition) is 1. The molecule has 1 rings (SSSR count). The summed E-state index contributed by atoms with van der Waals surface area (Å²) in [6, 6.07) is 1.83. The minimum absolute atomic E-state index is 0.445. The summed E-state index contributed by atoms with van der Waals surface area (Å²) >= 11 is 12.1. The molecule has 0 aliphatic rings. The molecule has 76 valence electrons. The van der Waals surface area contributed by atoms with E-state index in [1.54, 1.807) is 6.08 Å². The third-order valence-corrected chi connectivity index (χ3v) is 2.98. The van der Waals surface area contributed by atoms with Crippen molar-refractivity contribution in [2.75, 3.05) is 6.61 Å². The average molecular weight is 231 g/mol. The molecule has 1 aromatic carbocycles. The Kier molecular flexibility index (Phi) is 3.85. The van der Waals surface area contributed by atoms with E-state index >= 15 is 0 Å². The lowest BCUT2D eigenvalue weighted by Gasteiger charge is -2.11. The van der Waals surface area contributed by atoms with Crippen LogP contribution in [0.15, 0.2) is 18.7 Å². The lowest BCUT2D eigenvalue weighted by Crippen LogP contribution is -1.96. The molecular weight excluding hydrogens is 219 g/mol. The summed E-state index contributed by atoms with van der Waals surface area (Å²) in [5, 5.41) is 1.27. The van der Waals surface area contributed by atoms with Crippen LogP contribution in [0, 0.1) is 13.8 Å².